The molecule has 2 aromatic rings. The smallest absolute Gasteiger partial charge is 0.335 e. The number of nitrogens with zero attached hydrogens (tertiary/aromatic N) is 4. The van der Waals surface area contributed by atoms with E-state index in [0.29, 0.717) is 11.5 Å². The number of carboxylic acid groups (broad SMARTS) is 1. The highest BCUT2D eigenvalue weighted by Gasteiger charge is 2.08. The second-order valence-corrected chi connectivity index (χ2v) is 3.59. The fourth-order valence-electron chi connectivity index (χ4n) is 1.45. The third-order valence-electron chi connectivity index (χ3n) is 2.33. The summed E-state index contributed by atoms with van der Waals surface area (Å²) in [6, 6.07) is 4.95. The predicted molar refractivity (Wildman–Crippen MR) is 60.2 cm³/mol. The van der Waals surface area contributed by atoms with Crippen LogP contribution in [0.25, 0.3) is 0 Å². The van der Waals surface area contributed by atoms with E-state index in [1.54, 1.807) is 32.2 Å². The molecule has 0 atom stereocenters. The van der Waals surface area contributed by atoms with Crippen LogP contribution in [0.5, 0.6) is 0 Å². The molecule has 1 heterocycles. The highest BCUT2D eigenvalue weighted by atomic mass is 16.4. The van der Waals surface area contributed by atoms with E-state index in [2.05, 4.69) is 20.8 Å². The monoisotopic (exact) mass is 233 g/mol. The fourth-order valence-corrected chi connectivity index (χ4v) is 1.45. The minimum atomic E-state index is -0.936. The molecule has 0 aliphatic carbocycles. The Bertz CT molecular complexity index is 564. The number of hydrogen-bond donors (Lipinski definition) is 2. The van der Waals surface area contributed by atoms with Crippen LogP contribution in [0.4, 0.5) is 11.6 Å². The van der Waals surface area contributed by atoms with Gasteiger partial charge in [-0.3, -0.25) is 0 Å². The van der Waals surface area contributed by atoms with E-state index < -0.39 is 5.97 Å². The molecular weight excluding hydrogens is 222 g/mol. The first kappa shape index (κ1) is 11.1. The van der Waals surface area contributed by atoms with Crippen LogP contribution in [0.3, 0.4) is 0 Å². The van der Waals surface area contributed by atoms with Crippen LogP contribution >= 0.6 is 0 Å². The Kier molecular flexibility index (Phi) is 2.73. The Labute approximate surface area is 97.1 Å². The molecule has 0 bridgehead atoms. The summed E-state index contributed by atoms with van der Waals surface area (Å²) in [4.78, 5) is 10.8. The lowest BCUT2D eigenvalue weighted by Crippen LogP contribution is -2.03. The quantitative estimate of drug-likeness (QED) is 0.820. The Morgan fingerprint density at radius 3 is 2.76 bits per heavy atom. The van der Waals surface area contributed by atoms with Crippen molar-refractivity contribution < 1.29 is 9.90 Å². The lowest BCUT2D eigenvalue weighted by Gasteiger charge is -2.06. The van der Waals surface area contributed by atoms with Gasteiger partial charge in [0.15, 0.2) is 0 Å². The molecule has 0 fully saturated rings. The van der Waals surface area contributed by atoms with Crippen molar-refractivity contribution in [2.24, 2.45) is 7.05 Å². The van der Waals surface area contributed by atoms with Gasteiger partial charge >= 0.3 is 5.97 Å². The minimum absolute atomic E-state index is 0.284. The van der Waals surface area contributed by atoms with Crippen molar-refractivity contribution in [3.05, 3.63) is 29.3 Å². The van der Waals surface area contributed by atoms with Gasteiger partial charge in [0.1, 0.15) is 0 Å². The van der Waals surface area contributed by atoms with Crippen LogP contribution in [-0.2, 0) is 7.05 Å². The SMILES string of the molecule is Cc1cc(Nc2nnnn2C)ccc1C(=O)O. The Balaban J connectivity index is 2.27. The van der Waals surface area contributed by atoms with Gasteiger partial charge in [0.2, 0.25) is 5.95 Å². The molecule has 0 aliphatic heterocycles. The van der Waals surface area contributed by atoms with Crippen LogP contribution in [0.15, 0.2) is 18.2 Å². The van der Waals surface area contributed by atoms with Gasteiger partial charge in [-0.1, -0.05) is 5.10 Å². The number of tetrazole rings is 1. The number of benzene rings is 1. The number of hydrogen-bond acceptors (Lipinski definition) is 5. The molecule has 2 rings (SSSR count). The molecule has 0 spiro atoms. The predicted octanol–water partition coefficient (Wildman–Crippen LogP) is 0.960. The van der Waals surface area contributed by atoms with Crippen LogP contribution in [-0.4, -0.2) is 31.3 Å². The lowest BCUT2D eigenvalue weighted by atomic mass is 10.1. The summed E-state index contributed by atoms with van der Waals surface area (Å²) >= 11 is 0. The normalized spacial score (nSPS) is 10.2. The summed E-state index contributed by atoms with van der Waals surface area (Å²) in [6.07, 6.45) is 0. The molecule has 1 aromatic heterocycles. The van der Waals surface area contributed by atoms with E-state index >= 15 is 0 Å². The highest BCUT2D eigenvalue weighted by Crippen LogP contribution is 2.17. The van der Waals surface area contributed by atoms with E-state index in [1.165, 1.54) is 4.68 Å². The van der Waals surface area contributed by atoms with Gasteiger partial charge in [0, 0.05) is 12.7 Å². The standard InChI is InChI=1S/C10H11N5O2/c1-6-5-7(3-4-8(6)9(16)17)11-10-12-13-14-15(10)2/h3-5H,1-2H3,(H,16,17)(H,11,12,14). The number of carbonyl (C=O) groups is 1. The minimum Gasteiger partial charge on any atom is -0.478 e. The number of anilines is 2. The molecule has 0 unspecified atom stereocenters. The third-order valence-corrected chi connectivity index (χ3v) is 2.33. The molecule has 7 nitrogen and oxygen atoms in total. The summed E-state index contributed by atoms with van der Waals surface area (Å²) in [6.45, 7) is 1.74. The molecule has 17 heavy (non-hydrogen) atoms. The summed E-state index contributed by atoms with van der Waals surface area (Å²) in [7, 11) is 1.71. The van der Waals surface area contributed by atoms with Gasteiger partial charge in [-0.2, -0.15) is 0 Å². The number of carboxylic acids is 1. The molecule has 0 radical (unpaired) electrons. The molecule has 2 N–H and O–H groups in total. The fraction of sp³-hybridized carbons (Fsp3) is 0.200. The second-order valence-electron chi connectivity index (χ2n) is 3.59. The second kappa shape index (κ2) is 4.20. The first-order valence-corrected chi connectivity index (χ1v) is 4.91. The average molecular weight is 233 g/mol. The van der Waals surface area contributed by atoms with E-state index in [-0.39, 0.29) is 5.56 Å². The zero-order chi connectivity index (χ0) is 12.4. The summed E-state index contributed by atoms with van der Waals surface area (Å²) in [5.41, 5.74) is 1.70. The molecule has 0 saturated heterocycles. The van der Waals surface area contributed by atoms with Crippen molar-refractivity contribution in [1.82, 2.24) is 20.2 Å². The zero-order valence-corrected chi connectivity index (χ0v) is 9.38. The molecule has 7 heteroatoms. The Hall–Kier alpha value is -2.44. The van der Waals surface area contributed by atoms with E-state index in [0.717, 1.165) is 5.69 Å². The summed E-state index contributed by atoms with van der Waals surface area (Å²) in [5, 5.41) is 22.8. The first-order chi connectivity index (χ1) is 8.08. The highest BCUT2D eigenvalue weighted by molar-refractivity contribution is 5.90. The summed E-state index contributed by atoms with van der Waals surface area (Å²) < 4.78 is 1.49. The van der Waals surface area contributed by atoms with Gasteiger partial charge in [-0.15, -0.1) is 0 Å². The van der Waals surface area contributed by atoms with Gasteiger partial charge < -0.3 is 10.4 Å². The largest absolute Gasteiger partial charge is 0.478 e. The maximum absolute atomic E-state index is 10.8. The lowest BCUT2D eigenvalue weighted by molar-refractivity contribution is 0.0696. The molecule has 0 aliphatic rings. The van der Waals surface area contributed by atoms with Gasteiger partial charge in [0.05, 0.1) is 5.56 Å². The number of aromatic nitrogens is 4. The van der Waals surface area contributed by atoms with Crippen LogP contribution in [0.2, 0.25) is 0 Å². The first-order valence-electron chi connectivity index (χ1n) is 4.91. The summed E-state index contributed by atoms with van der Waals surface area (Å²) in [5.74, 6) is -0.443. The molecule has 88 valence electrons. The van der Waals surface area contributed by atoms with Crippen LogP contribution in [0, 0.1) is 6.92 Å². The molecule has 0 amide bonds. The van der Waals surface area contributed by atoms with E-state index in [9.17, 15) is 4.79 Å². The van der Waals surface area contributed by atoms with Gasteiger partial charge in [0.25, 0.3) is 0 Å². The molecule has 1 aromatic carbocycles. The van der Waals surface area contributed by atoms with Crippen molar-refractivity contribution >= 4 is 17.6 Å². The number of rotatable bonds is 3. The van der Waals surface area contributed by atoms with Crippen molar-refractivity contribution in [1.29, 1.82) is 0 Å². The number of nitrogens with one attached hydrogen (secondary N) is 1. The molecular formula is C10H11N5O2. The van der Waals surface area contributed by atoms with Gasteiger partial charge in [-0.25, -0.2) is 9.48 Å². The van der Waals surface area contributed by atoms with Crippen molar-refractivity contribution in [2.45, 2.75) is 6.92 Å². The topological polar surface area (TPSA) is 92.9 Å². The van der Waals surface area contributed by atoms with Crippen molar-refractivity contribution in [3.63, 3.8) is 0 Å². The van der Waals surface area contributed by atoms with E-state index in [4.69, 9.17) is 5.11 Å². The van der Waals surface area contributed by atoms with Gasteiger partial charge in [-0.05, 0) is 41.1 Å². The zero-order valence-electron chi connectivity index (χ0n) is 9.38. The maximum Gasteiger partial charge on any atom is 0.335 e. The average Bonchev–Trinajstić information content (AvgIpc) is 2.64. The maximum atomic E-state index is 10.8. The van der Waals surface area contributed by atoms with Crippen molar-refractivity contribution in [2.75, 3.05) is 5.32 Å². The number of aryl methyl sites for hydroxylation is 2. The van der Waals surface area contributed by atoms with Crippen molar-refractivity contribution in [3.8, 4) is 0 Å². The van der Waals surface area contributed by atoms with Crippen LogP contribution < -0.4 is 5.32 Å². The number of aromatic carboxylic acids is 1. The Morgan fingerprint density at radius 1 is 1.47 bits per heavy atom. The third kappa shape index (κ3) is 2.22. The Morgan fingerprint density at radius 2 is 2.24 bits per heavy atom. The molecule has 0 saturated carbocycles. The van der Waals surface area contributed by atoms with Crippen LogP contribution in [0.1, 0.15) is 15.9 Å². The van der Waals surface area contributed by atoms with E-state index in [1.807, 2.05) is 0 Å².